The number of pyridine rings is 1. The molecule has 194 valence electrons. The van der Waals surface area contributed by atoms with Gasteiger partial charge in [0.1, 0.15) is 17.1 Å². The van der Waals surface area contributed by atoms with E-state index in [1.54, 1.807) is 6.20 Å². The van der Waals surface area contributed by atoms with E-state index in [4.69, 9.17) is 0 Å². The fraction of sp³-hybridized carbons (Fsp3) is 0.161. The number of benzene rings is 3. The zero-order chi connectivity index (χ0) is 27.0. The zero-order valence-electron chi connectivity index (χ0n) is 21.3. The average molecular weight is 520 g/mol. The topological polar surface area (TPSA) is 99.8 Å². The van der Waals surface area contributed by atoms with Gasteiger partial charge in [0.05, 0.1) is 5.52 Å². The van der Waals surface area contributed by atoms with E-state index in [-0.39, 0.29) is 17.6 Å². The van der Waals surface area contributed by atoms with Gasteiger partial charge in [-0.25, -0.2) is 9.37 Å². The molecule has 2 amide bonds. The van der Waals surface area contributed by atoms with E-state index in [0.29, 0.717) is 30.6 Å². The summed E-state index contributed by atoms with van der Waals surface area (Å²) >= 11 is 0. The number of carbonyl (C=O) groups is 2. The van der Waals surface area contributed by atoms with Crippen molar-refractivity contribution in [3.8, 4) is 11.4 Å². The highest BCUT2D eigenvalue weighted by molar-refractivity contribution is 6.16. The number of aryl methyl sites for hydroxylation is 1. The standard InChI is InChI=1S/C31H26FN5O2/c1-19-16-26-21(10-13-33-27(26)18-25(19)28-34-14-15-35-28)17-20-2-6-23(7-3-20)36-29(38)31(11-12-31)30(39)37-24-8-4-22(32)5-9-24/h2-10,13-16,18H,11-12,17H2,1H3,(H,34,35)(H,36,38)(H,37,39). The Labute approximate surface area is 224 Å². The molecule has 8 heteroatoms. The lowest BCUT2D eigenvalue weighted by Crippen LogP contribution is -2.35. The summed E-state index contributed by atoms with van der Waals surface area (Å²) in [6.07, 6.45) is 7.01. The van der Waals surface area contributed by atoms with Crippen LogP contribution in [0.5, 0.6) is 0 Å². The molecule has 0 radical (unpaired) electrons. The molecule has 39 heavy (non-hydrogen) atoms. The molecule has 0 unspecified atom stereocenters. The number of hydrogen-bond donors (Lipinski definition) is 3. The zero-order valence-corrected chi connectivity index (χ0v) is 21.3. The molecule has 1 aliphatic rings. The van der Waals surface area contributed by atoms with E-state index < -0.39 is 5.41 Å². The molecule has 7 nitrogen and oxygen atoms in total. The first-order valence-electron chi connectivity index (χ1n) is 12.8. The number of aromatic nitrogens is 3. The van der Waals surface area contributed by atoms with Crippen LogP contribution in [0.4, 0.5) is 15.8 Å². The van der Waals surface area contributed by atoms with Crippen molar-refractivity contribution in [3.05, 3.63) is 108 Å². The maximum Gasteiger partial charge on any atom is 0.240 e. The van der Waals surface area contributed by atoms with E-state index in [0.717, 1.165) is 39.0 Å². The second-order valence-electron chi connectivity index (χ2n) is 9.96. The number of nitrogens with zero attached hydrogens (tertiary/aromatic N) is 2. The molecule has 5 aromatic rings. The summed E-state index contributed by atoms with van der Waals surface area (Å²) < 4.78 is 13.2. The maximum atomic E-state index is 13.2. The number of carbonyl (C=O) groups excluding carboxylic acids is 2. The Hall–Kier alpha value is -4.85. The lowest BCUT2D eigenvalue weighted by Gasteiger charge is -2.16. The maximum absolute atomic E-state index is 13.2. The van der Waals surface area contributed by atoms with Crippen LogP contribution in [0, 0.1) is 18.2 Å². The number of nitrogens with one attached hydrogen (secondary N) is 3. The van der Waals surface area contributed by atoms with Gasteiger partial charge in [0.2, 0.25) is 11.8 Å². The molecule has 0 aliphatic heterocycles. The molecule has 0 atom stereocenters. The third kappa shape index (κ3) is 4.88. The summed E-state index contributed by atoms with van der Waals surface area (Å²) in [7, 11) is 0. The van der Waals surface area contributed by atoms with Gasteiger partial charge in [-0.15, -0.1) is 0 Å². The predicted molar refractivity (Wildman–Crippen MR) is 149 cm³/mol. The average Bonchev–Trinajstić information content (AvgIpc) is 3.58. The monoisotopic (exact) mass is 519 g/mol. The third-order valence-electron chi connectivity index (χ3n) is 7.26. The smallest absolute Gasteiger partial charge is 0.240 e. The molecule has 0 bridgehead atoms. The first-order chi connectivity index (χ1) is 18.9. The molecular weight excluding hydrogens is 493 g/mol. The number of fused-ring (bicyclic) bond motifs is 1. The highest BCUT2D eigenvalue weighted by Gasteiger charge is 2.56. The van der Waals surface area contributed by atoms with Crippen molar-refractivity contribution >= 4 is 34.1 Å². The van der Waals surface area contributed by atoms with Gasteiger partial charge < -0.3 is 15.6 Å². The number of imidazole rings is 1. The Morgan fingerprint density at radius 1 is 0.897 bits per heavy atom. The number of anilines is 2. The van der Waals surface area contributed by atoms with Crippen LogP contribution < -0.4 is 10.6 Å². The van der Waals surface area contributed by atoms with Crippen molar-refractivity contribution in [2.45, 2.75) is 26.2 Å². The molecule has 0 saturated heterocycles. The summed E-state index contributed by atoms with van der Waals surface area (Å²) in [5, 5.41) is 6.71. The summed E-state index contributed by atoms with van der Waals surface area (Å²) in [5.74, 6) is -0.280. The molecule has 0 spiro atoms. The molecule has 1 saturated carbocycles. The van der Waals surface area contributed by atoms with Gasteiger partial charge in [-0.2, -0.15) is 0 Å². The van der Waals surface area contributed by atoms with Crippen molar-refractivity contribution in [2.24, 2.45) is 5.41 Å². The second kappa shape index (κ2) is 9.79. The molecule has 3 N–H and O–H groups in total. The number of H-pyrrole nitrogens is 1. The van der Waals surface area contributed by atoms with Crippen LogP contribution in [0.3, 0.4) is 0 Å². The van der Waals surface area contributed by atoms with Crippen molar-refractivity contribution in [1.29, 1.82) is 0 Å². The molecule has 2 aromatic heterocycles. The van der Waals surface area contributed by atoms with Crippen LogP contribution >= 0.6 is 0 Å². The number of rotatable bonds is 7. The summed E-state index contributed by atoms with van der Waals surface area (Å²) in [4.78, 5) is 37.9. The summed E-state index contributed by atoms with van der Waals surface area (Å²) in [6.45, 7) is 2.07. The molecular formula is C31H26FN5O2. The Morgan fingerprint density at radius 3 is 2.18 bits per heavy atom. The molecule has 3 aromatic carbocycles. The number of amides is 2. The van der Waals surface area contributed by atoms with E-state index in [1.807, 2.05) is 42.7 Å². The first kappa shape index (κ1) is 24.5. The van der Waals surface area contributed by atoms with Crippen LogP contribution in [-0.4, -0.2) is 26.8 Å². The van der Waals surface area contributed by atoms with Gasteiger partial charge in [-0.3, -0.25) is 14.6 Å². The van der Waals surface area contributed by atoms with Gasteiger partial charge in [0.25, 0.3) is 0 Å². The molecule has 2 heterocycles. The second-order valence-corrected chi connectivity index (χ2v) is 9.96. The van der Waals surface area contributed by atoms with E-state index in [1.165, 1.54) is 24.3 Å². The van der Waals surface area contributed by atoms with Gasteiger partial charge >= 0.3 is 0 Å². The number of halogens is 1. The minimum absolute atomic E-state index is 0.335. The lowest BCUT2D eigenvalue weighted by atomic mass is 9.97. The van der Waals surface area contributed by atoms with E-state index in [2.05, 4.69) is 44.6 Å². The predicted octanol–water partition coefficient (Wildman–Crippen LogP) is 6.02. The largest absolute Gasteiger partial charge is 0.345 e. The normalized spacial score (nSPS) is 13.7. The minimum atomic E-state index is -1.10. The Balaban J connectivity index is 1.14. The van der Waals surface area contributed by atoms with Crippen molar-refractivity contribution < 1.29 is 14.0 Å². The van der Waals surface area contributed by atoms with Crippen molar-refractivity contribution in [3.63, 3.8) is 0 Å². The SMILES string of the molecule is Cc1cc2c(Cc3ccc(NC(=O)C4(C(=O)Nc5ccc(F)cc5)CC4)cc3)ccnc2cc1-c1ncc[nH]1. The van der Waals surface area contributed by atoms with Gasteiger partial charge in [-0.05, 0) is 97.5 Å². The van der Waals surface area contributed by atoms with Crippen LogP contribution in [0.1, 0.15) is 29.5 Å². The van der Waals surface area contributed by atoms with E-state index in [9.17, 15) is 14.0 Å². The summed E-state index contributed by atoms with van der Waals surface area (Å²) in [6, 6.07) is 19.4. The highest BCUT2D eigenvalue weighted by atomic mass is 19.1. The minimum Gasteiger partial charge on any atom is -0.345 e. The number of hydrogen-bond acceptors (Lipinski definition) is 4. The molecule has 1 fully saturated rings. The van der Waals surface area contributed by atoms with Crippen LogP contribution in [0.15, 0.2) is 85.3 Å². The lowest BCUT2D eigenvalue weighted by molar-refractivity contribution is -0.131. The molecule has 1 aliphatic carbocycles. The fourth-order valence-corrected chi connectivity index (χ4v) is 4.82. The summed E-state index contributed by atoms with van der Waals surface area (Å²) in [5.41, 5.74) is 5.27. The third-order valence-corrected chi connectivity index (χ3v) is 7.26. The van der Waals surface area contributed by atoms with Crippen molar-refractivity contribution in [2.75, 3.05) is 10.6 Å². The number of aromatic amines is 1. The quantitative estimate of drug-likeness (QED) is 0.229. The van der Waals surface area contributed by atoms with Crippen LogP contribution in [0.2, 0.25) is 0 Å². The first-order valence-corrected chi connectivity index (χ1v) is 12.8. The van der Waals surface area contributed by atoms with Crippen molar-refractivity contribution in [1.82, 2.24) is 15.0 Å². The highest BCUT2D eigenvalue weighted by Crippen LogP contribution is 2.47. The van der Waals surface area contributed by atoms with E-state index >= 15 is 0 Å². The fourth-order valence-electron chi connectivity index (χ4n) is 4.82. The molecule has 6 rings (SSSR count). The van der Waals surface area contributed by atoms with Gasteiger partial charge in [0, 0.05) is 40.9 Å². The Morgan fingerprint density at radius 2 is 1.56 bits per heavy atom. The van der Waals surface area contributed by atoms with Gasteiger partial charge in [-0.1, -0.05) is 12.1 Å². The Kier molecular flexibility index (Phi) is 6.15. The van der Waals surface area contributed by atoms with Crippen LogP contribution in [0.25, 0.3) is 22.3 Å². The van der Waals surface area contributed by atoms with Crippen LogP contribution in [-0.2, 0) is 16.0 Å². The Bertz CT molecular complexity index is 1680. The van der Waals surface area contributed by atoms with Gasteiger partial charge in [0.15, 0.2) is 0 Å².